The van der Waals surface area contributed by atoms with Gasteiger partial charge in [0.2, 0.25) is 5.91 Å². The lowest BCUT2D eigenvalue weighted by atomic mass is 9.85. The highest BCUT2D eigenvalue weighted by Gasteiger charge is 2.37. The zero-order chi connectivity index (χ0) is 16.9. The molecule has 3 unspecified atom stereocenters. The SMILES string of the molecule is Cl.O=C(NCCNc1ccccc1[N+](=O)[O-])C1CC2CCCCC2N1. The van der Waals surface area contributed by atoms with E-state index in [9.17, 15) is 14.9 Å². The molecule has 1 saturated heterocycles. The highest BCUT2D eigenvalue weighted by Crippen LogP contribution is 2.33. The number of amides is 1. The van der Waals surface area contributed by atoms with E-state index in [1.807, 2.05) is 0 Å². The van der Waals surface area contributed by atoms with Crippen LogP contribution in [0.5, 0.6) is 0 Å². The quantitative estimate of drug-likeness (QED) is 0.407. The first-order valence-electron chi connectivity index (χ1n) is 8.66. The first-order valence-corrected chi connectivity index (χ1v) is 8.66. The molecule has 2 aliphatic rings. The molecular formula is C17H25ClN4O3. The van der Waals surface area contributed by atoms with Crippen LogP contribution in [0.25, 0.3) is 0 Å². The minimum atomic E-state index is -0.412. The number of halogens is 1. The molecular weight excluding hydrogens is 344 g/mol. The van der Waals surface area contributed by atoms with Crippen molar-refractivity contribution in [2.45, 2.75) is 44.2 Å². The van der Waals surface area contributed by atoms with E-state index in [0.717, 1.165) is 6.42 Å². The molecule has 3 rings (SSSR count). The van der Waals surface area contributed by atoms with Crippen LogP contribution in [0.15, 0.2) is 24.3 Å². The topological polar surface area (TPSA) is 96.3 Å². The fraction of sp³-hybridized carbons (Fsp3) is 0.588. The van der Waals surface area contributed by atoms with Gasteiger partial charge in [-0.3, -0.25) is 14.9 Å². The van der Waals surface area contributed by atoms with Crippen molar-refractivity contribution in [1.29, 1.82) is 0 Å². The molecule has 25 heavy (non-hydrogen) atoms. The monoisotopic (exact) mass is 368 g/mol. The molecule has 1 aliphatic carbocycles. The predicted octanol–water partition coefficient (Wildman–Crippen LogP) is 2.47. The number of benzene rings is 1. The zero-order valence-electron chi connectivity index (χ0n) is 14.1. The largest absolute Gasteiger partial charge is 0.378 e. The Balaban J connectivity index is 0.00000225. The van der Waals surface area contributed by atoms with E-state index in [4.69, 9.17) is 0 Å². The summed E-state index contributed by atoms with van der Waals surface area (Å²) in [6.07, 6.45) is 5.85. The van der Waals surface area contributed by atoms with Crippen LogP contribution in [0.3, 0.4) is 0 Å². The second-order valence-electron chi connectivity index (χ2n) is 6.60. The van der Waals surface area contributed by atoms with Crippen LogP contribution in [0.1, 0.15) is 32.1 Å². The van der Waals surface area contributed by atoms with Gasteiger partial charge in [0.1, 0.15) is 5.69 Å². The van der Waals surface area contributed by atoms with Crippen LogP contribution in [0.4, 0.5) is 11.4 Å². The van der Waals surface area contributed by atoms with Gasteiger partial charge in [-0.05, 0) is 31.2 Å². The summed E-state index contributed by atoms with van der Waals surface area (Å²) in [4.78, 5) is 22.8. The van der Waals surface area contributed by atoms with Gasteiger partial charge in [-0.1, -0.05) is 25.0 Å². The van der Waals surface area contributed by atoms with Gasteiger partial charge in [0.25, 0.3) is 5.69 Å². The van der Waals surface area contributed by atoms with E-state index in [1.54, 1.807) is 18.2 Å². The Labute approximate surface area is 153 Å². The third kappa shape index (κ3) is 4.83. The standard InChI is InChI=1S/C17H24N4O3.ClH/c22-17(15-11-12-5-1-2-6-13(12)20-15)19-10-9-18-14-7-3-4-8-16(14)21(23)24;/h3-4,7-8,12-13,15,18,20H,1-2,5-6,9-11H2,(H,19,22);1H. The summed E-state index contributed by atoms with van der Waals surface area (Å²) < 4.78 is 0. The average Bonchev–Trinajstić information content (AvgIpc) is 3.03. The molecule has 8 heteroatoms. The van der Waals surface area contributed by atoms with Crippen molar-refractivity contribution >= 4 is 29.7 Å². The zero-order valence-corrected chi connectivity index (χ0v) is 14.9. The van der Waals surface area contributed by atoms with Gasteiger partial charge in [0, 0.05) is 25.2 Å². The molecule has 1 aliphatic heterocycles. The summed E-state index contributed by atoms with van der Waals surface area (Å²) in [6.45, 7) is 0.897. The molecule has 3 N–H and O–H groups in total. The van der Waals surface area contributed by atoms with Gasteiger partial charge in [-0.25, -0.2) is 0 Å². The molecule has 2 fully saturated rings. The Morgan fingerprint density at radius 2 is 2.00 bits per heavy atom. The number of hydrogen-bond acceptors (Lipinski definition) is 5. The number of carbonyl (C=O) groups is 1. The van der Waals surface area contributed by atoms with Crippen molar-refractivity contribution in [1.82, 2.24) is 10.6 Å². The Kier molecular flexibility index (Phi) is 7.01. The molecule has 1 aromatic rings. The van der Waals surface area contributed by atoms with Gasteiger partial charge in [-0.15, -0.1) is 12.4 Å². The van der Waals surface area contributed by atoms with E-state index in [0.29, 0.717) is 30.7 Å². The van der Waals surface area contributed by atoms with Crippen molar-refractivity contribution in [3.63, 3.8) is 0 Å². The predicted molar refractivity (Wildman–Crippen MR) is 99.1 cm³/mol. The van der Waals surface area contributed by atoms with E-state index in [-0.39, 0.29) is 30.0 Å². The number of rotatable bonds is 6. The number of hydrogen-bond donors (Lipinski definition) is 3. The Morgan fingerprint density at radius 1 is 1.24 bits per heavy atom. The lowest BCUT2D eigenvalue weighted by Gasteiger charge is -2.24. The third-order valence-corrected chi connectivity index (χ3v) is 5.02. The molecule has 1 amide bonds. The molecule has 0 aromatic heterocycles. The molecule has 3 atom stereocenters. The summed E-state index contributed by atoms with van der Waals surface area (Å²) in [6, 6.07) is 6.92. The fourth-order valence-corrected chi connectivity index (χ4v) is 3.81. The van der Waals surface area contributed by atoms with E-state index >= 15 is 0 Å². The Hall–Kier alpha value is -1.86. The van der Waals surface area contributed by atoms with Crippen LogP contribution < -0.4 is 16.0 Å². The molecule has 1 saturated carbocycles. The number of para-hydroxylation sites is 2. The summed E-state index contributed by atoms with van der Waals surface area (Å²) in [5.41, 5.74) is 0.520. The molecule has 0 radical (unpaired) electrons. The number of carbonyl (C=O) groups excluding carboxylic acids is 1. The molecule has 0 bridgehead atoms. The van der Waals surface area contributed by atoms with Gasteiger partial charge in [0.05, 0.1) is 11.0 Å². The molecule has 7 nitrogen and oxygen atoms in total. The van der Waals surface area contributed by atoms with Crippen molar-refractivity contribution in [3.05, 3.63) is 34.4 Å². The van der Waals surface area contributed by atoms with Crippen molar-refractivity contribution in [2.24, 2.45) is 5.92 Å². The second-order valence-corrected chi connectivity index (χ2v) is 6.60. The molecule has 1 aromatic carbocycles. The number of nitro benzene ring substituents is 1. The number of nitro groups is 1. The van der Waals surface area contributed by atoms with Crippen LogP contribution in [-0.2, 0) is 4.79 Å². The summed E-state index contributed by atoms with van der Waals surface area (Å²) in [5, 5.41) is 20.3. The third-order valence-electron chi connectivity index (χ3n) is 5.02. The second kappa shape index (κ2) is 9.01. The van der Waals surface area contributed by atoms with Crippen LogP contribution in [0.2, 0.25) is 0 Å². The van der Waals surface area contributed by atoms with Crippen LogP contribution >= 0.6 is 12.4 Å². The molecule has 0 spiro atoms. The van der Waals surface area contributed by atoms with Crippen LogP contribution in [-0.4, -0.2) is 36.0 Å². The average molecular weight is 369 g/mol. The minimum Gasteiger partial charge on any atom is -0.378 e. The highest BCUT2D eigenvalue weighted by molar-refractivity contribution is 5.85. The van der Waals surface area contributed by atoms with Gasteiger partial charge in [0.15, 0.2) is 0 Å². The summed E-state index contributed by atoms with van der Waals surface area (Å²) in [5.74, 6) is 0.674. The fourth-order valence-electron chi connectivity index (χ4n) is 3.81. The summed E-state index contributed by atoms with van der Waals surface area (Å²) >= 11 is 0. The highest BCUT2D eigenvalue weighted by atomic mass is 35.5. The van der Waals surface area contributed by atoms with E-state index in [2.05, 4.69) is 16.0 Å². The normalized spacial score (nSPS) is 24.7. The molecule has 138 valence electrons. The number of anilines is 1. The van der Waals surface area contributed by atoms with Gasteiger partial charge >= 0.3 is 0 Å². The Morgan fingerprint density at radius 3 is 2.76 bits per heavy atom. The van der Waals surface area contributed by atoms with Crippen molar-refractivity contribution in [2.75, 3.05) is 18.4 Å². The maximum atomic E-state index is 12.3. The smallest absolute Gasteiger partial charge is 0.292 e. The maximum Gasteiger partial charge on any atom is 0.292 e. The lowest BCUT2D eigenvalue weighted by molar-refractivity contribution is -0.384. The van der Waals surface area contributed by atoms with E-state index in [1.165, 1.54) is 31.7 Å². The first-order chi connectivity index (χ1) is 11.6. The molecule has 1 heterocycles. The van der Waals surface area contributed by atoms with Gasteiger partial charge < -0.3 is 16.0 Å². The Bertz CT molecular complexity index is 599. The lowest BCUT2D eigenvalue weighted by Crippen LogP contribution is -2.44. The van der Waals surface area contributed by atoms with Crippen molar-refractivity contribution < 1.29 is 9.72 Å². The van der Waals surface area contributed by atoms with E-state index < -0.39 is 4.92 Å². The first kappa shape index (κ1) is 19.5. The number of nitrogens with zero attached hydrogens (tertiary/aromatic N) is 1. The summed E-state index contributed by atoms with van der Waals surface area (Å²) in [7, 11) is 0. The number of nitrogens with one attached hydrogen (secondary N) is 3. The van der Waals surface area contributed by atoms with Crippen molar-refractivity contribution in [3.8, 4) is 0 Å². The number of fused-ring (bicyclic) bond motifs is 1. The van der Waals surface area contributed by atoms with Crippen LogP contribution in [0, 0.1) is 16.0 Å². The van der Waals surface area contributed by atoms with Gasteiger partial charge in [-0.2, -0.15) is 0 Å². The minimum absolute atomic E-state index is 0. The maximum absolute atomic E-state index is 12.3.